The highest BCUT2D eigenvalue weighted by Crippen LogP contribution is 2.33. The van der Waals surface area contributed by atoms with Gasteiger partial charge in [-0.3, -0.25) is 9.69 Å². The van der Waals surface area contributed by atoms with Crippen molar-refractivity contribution in [3.05, 3.63) is 40.0 Å². The first kappa shape index (κ1) is 15.2. The zero-order valence-electron chi connectivity index (χ0n) is 11.9. The van der Waals surface area contributed by atoms with Crippen LogP contribution in [0.4, 0.5) is 10.2 Å². The summed E-state index contributed by atoms with van der Waals surface area (Å²) in [7, 11) is 0. The van der Waals surface area contributed by atoms with Crippen molar-refractivity contribution in [2.24, 2.45) is 0 Å². The zero-order chi connectivity index (χ0) is 16.0. The van der Waals surface area contributed by atoms with E-state index in [1.807, 2.05) is 13.8 Å². The van der Waals surface area contributed by atoms with Crippen LogP contribution in [0.15, 0.2) is 18.3 Å². The van der Waals surface area contributed by atoms with Crippen LogP contribution in [0.1, 0.15) is 36.7 Å². The van der Waals surface area contributed by atoms with Gasteiger partial charge in [0.15, 0.2) is 11.0 Å². The molecule has 0 unspecified atom stereocenters. The monoisotopic (exact) mass is 342 g/mol. The minimum Gasteiger partial charge on any atom is -0.290 e. The van der Waals surface area contributed by atoms with Gasteiger partial charge in [0.05, 0.1) is 17.8 Å². The van der Waals surface area contributed by atoms with Gasteiger partial charge >= 0.3 is 0 Å². The van der Waals surface area contributed by atoms with Crippen molar-refractivity contribution in [3.8, 4) is 0 Å². The van der Waals surface area contributed by atoms with Crippen molar-refractivity contribution in [2.45, 2.75) is 32.4 Å². The van der Waals surface area contributed by atoms with Crippen LogP contribution in [-0.2, 0) is 0 Å². The second-order valence-corrected chi connectivity index (χ2v) is 6.06. The summed E-state index contributed by atoms with van der Waals surface area (Å²) in [6.07, 6.45) is 2.37. The summed E-state index contributed by atoms with van der Waals surface area (Å²) in [5.74, 6) is -0.544. The van der Waals surface area contributed by atoms with Gasteiger partial charge in [0.2, 0.25) is 0 Å². The molecule has 0 fully saturated rings. The van der Waals surface area contributed by atoms with E-state index in [9.17, 15) is 9.18 Å². The first-order valence-electron chi connectivity index (χ1n) is 6.78. The highest BCUT2D eigenvalue weighted by molar-refractivity contribution is 6.35. The van der Waals surface area contributed by atoms with E-state index >= 15 is 0 Å². The summed E-state index contributed by atoms with van der Waals surface area (Å²) in [6, 6.07) is 2.88. The summed E-state index contributed by atoms with van der Waals surface area (Å²) in [5, 5.41) is 3.76. The molecule has 22 heavy (non-hydrogen) atoms. The predicted molar refractivity (Wildman–Crippen MR) is 82.0 cm³/mol. The van der Waals surface area contributed by atoms with E-state index in [-0.39, 0.29) is 28.0 Å². The van der Waals surface area contributed by atoms with E-state index in [0.717, 1.165) is 12.5 Å². The van der Waals surface area contributed by atoms with E-state index in [0.29, 0.717) is 5.82 Å². The topological polar surface area (TPSA) is 51.0 Å². The van der Waals surface area contributed by atoms with Gasteiger partial charge in [0.1, 0.15) is 11.0 Å². The fourth-order valence-corrected chi connectivity index (χ4v) is 3.19. The number of rotatable bonds is 1. The minimum atomic E-state index is -0.777. The smallest absolute Gasteiger partial charge is 0.262 e. The number of amides is 1. The summed E-state index contributed by atoms with van der Waals surface area (Å²) in [6.45, 7) is 3.96. The number of aromatic nitrogens is 3. The quantitative estimate of drug-likeness (QED) is 0.742. The van der Waals surface area contributed by atoms with Gasteiger partial charge in [-0.2, -0.15) is 5.10 Å². The van der Waals surface area contributed by atoms with Crippen molar-refractivity contribution >= 4 is 34.9 Å². The fourth-order valence-electron chi connectivity index (χ4n) is 2.79. The van der Waals surface area contributed by atoms with E-state index < -0.39 is 11.7 Å². The Bertz CT molecular complexity index is 748. The molecule has 2 aromatic heterocycles. The van der Waals surface area contributed by atoms with Crippen molar-refractivity contribution in [1.29, 1.82) is 0 Å². The lowest BCUT2D eigenvalue weighted by Gasteiger charge is -2.37. The third kappa shape index (κ3) is 2.36. The van der Waals surface area contributed by atoms with E-state index in [1.54, 1.807) is 21.8 Å². The van der Waals surface area contributed by atoms with Crippen molar-refractivity contribution < 1.29 is 9.18 Å². The van der Waals surface area contributed by atoms with Crippen LogP contribution in [-0.4, -0.2) is 26.7 Å². The van der Waals surface area contributed by atoms with Crippen LogP contribution in [0.25, 0.3) is 0 Å². The highest BCUT2D eigenvalue weighted by atomic mass is 35.5. The van der Waals surface area contributed by atoms with Gasteiger partial charge in [-0.15, -0.1) is 0 Å². The Labute approximate surface area is 136 Å². The van der Waals surface area contributed by atoms with E-state index in [2.05, 4.69) is 10.1 Å². The SMILES string of the molecule is C[C@@H]1C[C@H](C)n2nccc2N1C(=O)c1cc(F)c(Cl)nc1Cl. The molecular weight excluding hydrogens is 330 g/mol. The van der Waals surface area contributed by atoms with Crippen LogP contribution in [0.5, 0.6) is 0 Å². The molecular formula is C14H13Cl2FN4O. The number of anilines is 1. The first-order chi connectivity index (χ1) is 10.4. The average Bonchev–Trinajstić information content (AvgIpc) is 2.92. The third-order valence-corrected chi connectivity index (χ3v) is 4.33. The summed E-state index contributed by atoms with van der Waals surface area (Å²) < 4.78 is 15.4. The number of nitrogens with zero attached hydrogens (tertiary/aromatic N) is 4. The number of hydrogen-bond acceptors (Lipinski definition) is 3. The Kier molecular flexibility index (Phi) is 3.82. The zero-order valence-corrected chi connectivity index (χ0v) is 13.4. The number of fused-ring (bicyclic) bond motifs is 1. The van der Waals surface area contributed by atoms with E-state index in [1.165, 1.54) is 0 Å². The lowest BCUT2D eigenvalue weighted by Crippen LogP contribution is -2.45. The number of hydrogen-bond donors (Lipinski definition) is 0. The summed E-state index contributed by atoms with van der Waals surface area (Å²) in [5.41, 5.74) is -0.0160. The van der Waals surface area contributed by atoms with Crippen molar-refractivity contribution in [2.75, 3.05) is 4.90 Å². The number of carbonyl (C=O) groups is 1. The molecule has 3 rings (SSSR count). The molecule has 2 aromatic rings. The van der Waals surface area contributed by atoms with Crippen LogP contribution in [0.2, 0.25) is 10.3 Å². The second kappa shape index (κ2) is 5.52. The number of carbonyl (C=O) groups excluding carboxylic acids is 1. The van der Waals surface area contributed by atoms with Crippen LogP contribution in [0, 0.1) is 5.82 Å². The molecule has 0 radical (unpaired) electrons. The largest absolute Gasteiger partial charge is 0.290 e. The summed E-state index contributed by atoms with van der Waals surface area (Å²) >= 11 is 11.5. The molecule has 0 aliphatic carbocycles. The fraction of sp³-hybridized carbons (Fsp3) is 0.357. The molecule has 0 aromatic carbocycles. The molecule has 1 amide bonds. The molecule has 8 heteroatoms. The standard InChI is InChI=1S/C14H13Cl2FN4O/c1-7-5-8(2)21-11(3-4-18-21)20(7)14(22)9-6-10(17)13(16)19-12(9)15/h3-4,6-8H,5H2,1-2H3/t7-,8+/m1/s1. The van der Waals surface area contributed by atoms with Gasteiger partial charge in [-0.25, -0.2) is 14.1 Å². The van der Waals surface area contributed by atoms with Crippen molar-refractivity contribution in [3.63, 3.8) is 0 Å². The molecule has 0 saturated heterocycles. The number of pyridine rings is 1. The molecule has 0 spiro atoms. The van der Waals surface area contributed by atoms with E-state index in [4.69, 9.17) is 23.2 Å². The maximum absolute atomic E-state index is 13.6. The average molecular weight is 343 g/mol. The second-order valence-electron chi connectivity index (χ2n) is 5.34. The van der Waals surface area contributed by atoms with Crippen LogP contribution in [0.3, 0.4) is 0 Å². The van der Waals surface area contributed by atoms with Gasteiger partial charge in [-0.05, 0) is 26.3 Å². The van der Waals surface area contributed by atoms with Crippen LogP contribution >= 0.6 is 23.2 Å². The highest BCUT2D eigenvalue weighted by Gasteiger charge is 2.34. The molecule has 3 heterocycles. The normalized spacial score (nSPS) is 20.9. The van der Waals surface area contributed by atoms with Gasteiger partial charge in [-0.1, -0.05) is 23.2 Å². The van der Waals surface area contributed by atoms with Crippen LogP contribution < -0.4 is 4.90 Å². The first-order valence-corrected chi connectivity index (χ1v) is 7.54. The Morgan fingerprint density at radius 1 is 1.32 bits per heavy atom. The lowest BCUT2D eigenvalue weighted by atomic mass is 10.0. The molecule has 0 bridgehead atoms. The Balaban J connectivity index is 2.06. The predicted octanol–water partition coefficient (Wildman–Crippen LogP) is 3.72. The Hall–Kier alpha value is -1.66. The molecule has 1 aliphatic heterocycles. The van der Waals surface area contributed by atoms with Gasteiger partial charge in [0, 0.05) is 12.1 Å². The van der Waals surface area contributed by atoms with Gasteiger partial charge in [0.25, 0.3) is 5.91 Å². The molecule has 0 saturated carbocycles. The Morgan fingerprint density at radius 2 is 2.05 bits per heavy atom. The minimum absolute atomic E-state index is 0.0160. The number of halogens is 3. The molecule has 5 nitrogen and oxygen atoms in total. The summed E-state index contributed by atoms with van der Waals surface area (Å²) in [4.78, 5) is 18.0. The molecule has 116 valence electrons. The molecule has 1 aliphatic rings. The Morgan fingerprint density at radius 3 is 2.77 bits per heavy atom. The van der Waals surface area contributed by atoms with Crippen molar-refractivity contribution in [1.82, 2.24) is 14.8 Å². The third-order valence-electron chi connectivity index (χ3n) is 3.77. The molecule has 0 N–H and O–H groups in total. The van der Waals surface area contributed by atoms with Gasteiger partial charge < -0.3 is 0 Å². The molecule has 2 atom stereocenters. The maximum atomic E-state index is 13.6. The maximum Gasteiger partial charge on any atom is 0.262 e. The lowest BCUT2D eigenvalue weighted by molar-refractivity contribution is 0.0966.